The second kappa shape index (κ2) is 5.21. The Hall–Kier alpha value is 0.170. The van der Waals surface area contributed by atoms with Gasteiger partial charge in [-0.15, -0.1) is 0 Å². The molecule has 3 unspecified atom stereocenters. The summed E-state index contributed by atoms with van der Waals surface area (Å²) in [7, 11) is 0. The van der Waals surface area contributed by atoms with Crippen molar-refractivity contribution in [2.75, 3.05) is 12.0 Å². The molecule has 0 spiro atoms. The van der Waals surface area contributed by atoms with Crippen molar-refractivity contribution in [2.45, 2.75) is 56.4 Å². The molecule has 3 atom stereocenters. The van der Waals surface area contributed by atoms with Crippen LogP contribution in [-0.4, -0.2) is 34.0 Å². The van der Waals surface area contributed by atoms with Crippen molar-refractivity contribution < 1.29 is 0 Å². The molecule has 1 aliphatic carbocycles. The lowest BCUT2D eigenvalue weighted by Gasteiger charge is -2.21. The van der Waals surface area contributed by atoms with Crippen LogP contribution in [0.15, 0.2) is 4.99 Å². The molecule has 1 heterocycles. The molecule has 1 saturated carbocycles. The Labute approximate surface area is 107 Å². The molecule has 2 aliphatic rings. The van der Waals surface area contributed by atoms with Crippen molar-refractivity contribution in [3.8, 4) is 0 Å². The first-order valence-corrected chi connectivity index (χ1v) is 8.46. The molecule has 0 aromatic carbocycles. The zero-order valence-corrected chi connectivity index (χ0v) is 12.1. The van der Waals surface area contributed by atoms with Crippen LogP contribution < -0.4 is 5.32 Å². The fourth-order valence-corrected chi connectivity index (χ4v) is 4.47. The van der Waals surface area contributed by atoms with Crippen molar-refractivity contribution in [3.63, 3.8) is 0 Å². The fourth-order valence-electron chi connectivity index (χ4n) is 2.30. The van der Waals surface area contributed by atoms with Gasteiger partial charge in [0.15, 0.2) is 5.17 Å². The maximum atomic E-state index is 4.92. The molecule has 1 aliphatic heterocycles. The smallest absolute Gasteiger partial charge is 0.157 e. The van der Waals surface area contributed by atoms with Crippen LogP contribution in [0.4, 0.5) is 0 Å². The number of nitrogens with zero attached hydrogens (tertiary/aromatic N) is 1. The Balaban J connectivity index is 1.98. The van der Waals surface area contributed by atoms with Crippen molar-refractivity contribution >= 4 is 28.7 Å². The summed E-state index contributed by atoms with van der Waals surface area (Å²) in [6.07, 6.45) is 7.37. The van der Waals surface area contributed by atoms with Crippen LogP contribution in [0.1, 0.15) is 39.5 Å². The summed E-state index contributed by atoms with van der Waals surface area (Å²) in [6.45, 7) is 4.54. The van der Waals surface area contributed by atoms with E-state index in [0.717, 1.165) is 5.25 Å². The second-order valence-corrected chi connectivity index (χ2v) is 7.08. The van der Waals surface area contributed by atoms with E-state index in [1.165, 1.54) is 36.6 Å². The third-order valence-electron chi connectivity index (χ3n) is 3.72. The molecule has 0 aromatic rings. The van der Waals surface area contributed by atoms with Gasteiger partial charge in [-0.1, -0.05) is 25.1 Å². The number of thioether (sulfide) groups is 2. The van der Waals surface area contributed by atoms with Crippen LogP contribution >= 0.6 is 23.5 Å². The van der Waals surface area contributed by atoms with E-state index in [1.54, 1.807) is 0 Å². The standard InChI is InChI=1S/C12H22N2S2/c1-4-12(2)8-16-11(14-12)13-9-6-5-7-10(9)15-3/h9-10H,4-8H2,1-3H3,(H,13,14). The third-order valence-corrected chi connectivity index (χ3v) is 6.14. The Morgan fingerprint density at radius 2 is 2.38 bits per heavy atom. The number of hydrogen-bond donors (Lipinski definition) is 1. The Morgan fingerprint density at radius 3 is 3.00 bits per heavy atom. The highest BCUT2D eigenvalue weighted by Crippen LogP contribution is 2.33. The molecule has 0 amide bonds. The molecule has 0 radical (unpaired) electrons. The van der Waals surface area contributed by atoms with Crippen LogP contribution in [0.2, 0.25) is 0 Å². The summed E-state index contributed by atoms with van der Waals surface area (Å²) in [4.78, 5) is 4.92. The minimum absolute atomic E-state index is 0.275. The van der Waals surface area contributed by atoms with Gasteiger partial charge in [-0.3, -0.25) is 4.99 Å². The molecule has 2 rings (SSSR count). The first-order valence-electron chi connectivity index (χ1n) is 6.18. The molecule has 2 fully saturated rings. The molecule has 0 aromatic heterocycles. The van der Waals surface area contributed by atoms with E-state index in [9.17, 15) is 0 Å². The zero-order chi connectivity index (χ0) is 11.6. The van der Waals surface area contributed by atoms with E-state index in [2.05, 4.69) is 25.4 Å². The molecule has 2 nitrogen and oxygen atoms in total. The van der Waals surface area contributed by atoms with Crippen LogP contribution in [0.25, 0.3) is 0 Å². The highest BCUT2D eigenvalue weighted by atomic mass is 32.2. The quantitative estimate of drug-likeness (QED) is 0.841. The van der Waals surface area contributed by atoms with E-state index in [-0.39, 0.29) is 5.54 Å². The molecular formula is C12H22N2S2. The average molecular weight is 258 g/mol. The lowest BCUT2D eigenvalue weighted by Crippen LogP contribution is -2.40. The number of amidine groups is 1. The van der Waals surface area contributed by atoms with Gasteiger partial charge in [-0.25, -0.2) is 0 Å². The Kier molecular flexibility index (Phi) is 4.11. The number of hydrogen-bond acceptors (Lipinski definition) is 3. The second-order valence-electron chi connectivity index (χ2n) is 5.03. The molecule has 16 heavy (non-hydrogen) atoms. The van der Waals surface area contributed by atoms with Crippen LogP contribution in [-0.2, 0) is 0 Å². The van der Waals surface area contributed by atoms with Crippen molar-refractivity contribution in [1.82, 2.24) is 5.32 Å². The van der Waals surface area contributed by atoms with Gasteiger partial charge < -0.3 is 5.32 Å². The zero-order valence-electron chi connectivity index (χ0n) is 10.5. The molecule has 1 N–H and O–H groups in total. The molecule has 0 bridgehead atoms. The fraction of sp³-hybridized carbons (Fsp3) is 0.917. The average Bonchev–Trinajstić information content (AvgIpc) is 2.87. The maximum Gasteiger partial charge on any atom is 0.157 e. The lowest BCUT2D eigenvalue weighted by molar-refractivity contribution is 0.465. The summed E-state index contributed by atoms with van der Waals surface area (Å²) in [5.41, 5.74) is 0.275. The predicted molar refractivity (Wildman–Crippen MR) is 76.7 cm³/mol. The van der Waals surface area contributed by atoms with Gasteiger partial charge in [0.2, 0.25) is 0 Å². The van der Waals surface area contributed by atoms with E-state index in [0.29, 0.717) is 6.04 Å². The van der Waals surface area contributed by atoms with E-state index in [1.807, 2.05) is 23.5 Å². The van der Waals surface area contributed by atoms with Crippen molar-refractivity contribution in [2.24, 2.45) is 4.99 Å². The first kappa shape index (κ1) is 12.6. The maximum absolute atomic E-state index is 4.92. The predicted octanol–water partition coefficient (Wildman–Crippen LogP) is 3.13. The molecular weight excluding hydrogens is 236 g/mol. The van der Waals surface area contributed by atoms with Crippen LogP contribution in [0, 0.1) is 0 Å². The van der Waals surface area contributed by atoms with Crippen LogP contribution in [0.5, 0.6) is 0 Å². The monoisotopic (exact) mass is 258 g/mol. The van der Waals surface area contributed by atoms with Crippen LogP contribution in [0.3, 0.4) is 0 Å². The highest BCUT2D eigenvalue weighted by Gasteiger charge is 2.33. The van der Waals surface area contributed by atoms with E-state index < -0.39 is 0 Å². The van der Waals surface area contributed by atoms with E-state index >= 15 is 0 Å². The van der Waals surface area contributed by atoms with Gasteiger partial charge in [0.1, 0.15) is 0 Å². The van der Waals surface area contributed by atoms with Crippen molar-refractivity contribution in [3.05, 3.63) is 0 Å². The minimum Gasteiger partial charge on any atom is -0.359 e. The normalized spacial score (nSPS) is 41.6. The van der Waals surface area contributed by atoms with Crippen molar-refractivity contribution in [1.29, 1.82) is 0 Å². The van der Waals surface area contributed by atoms with Gasteiger partial charge in [-0.2, -0.15) is 11.8 Å². The lowest BCUT2D eigenvalue weighted by atomic mass is 10.0. The minimum atomic E-state index is 0.275. The largest absolute Gasteiger partial charge is 0.359 e. The summed E-state index contributed by atoms with van der Waals surface area (Å²) in [5, 5.41) is 5.54. The number of nitrogens with one attached hydrogen (secondary N) is 1. The molecule has 1 saturated heterocycles. The summed E-state index contributed by atoms with van der Waals surface area (Å²) < 4.78 is 0. The SMILES string of the molecule is CCC1(C)CSC(=NC2CCCC2SC)N1. The van der Waals surface area contributed by atoms with Gasteiger partial charge in [-0.05, 0) is 32.4 Å². The van der Waals surface area contributed by atoms with Gasteiger partial charge in [0, 0.05) is 16.5 Å². The number of aliphatic imine (C=N–C) groups is 1. The molecule has 4 heteroatoms. The van der Waals surface area contributed by atoms with Gasteiger partial charge in [0.05, 0.1) is 6.04 Å². The summed E-state index contributed by atoms with van der Waals surface area (Å²) >= 11 is 3.89. The summed E-state index contributed by atoms with van der Waals surface area (Å²) in [5.74, 6) is 1.17. The third kappa shape index (κ3) is 2.70. The topological polar surface area (TPSA) is 24.4 Å². The number of rotatable bonds is 3. The summed E-state index contributed by atoms with van der Waals surface area (Å²) in [6, 6.07) is 0.559. The first-order chi connectivity index (χ1) is 7.67. The van der Waals surface area contributed by atoms with Gasteiger partial charge >= 0.3 is 0 Å². The Morgan fingerprint density at radius 1 is 1.56 bits per heavy atom. The highest BCUT2D eigenvalue weighted by molar-refractivity contribution is 8.14. The Bertz CT molecular complexity index is 280. The molecule has 92 valence electrons. The van der Waals surface area contributed by atoms with E-state index in [4.69, 9.17) is 4.99 Å². The van der Waals surface area contributed by atoms with Gasteiger partial charge in [0.25, 0.3) is 0 Å².